The summed E-state index contributed by atoms with van der Waals surface area (Å²) in [7, 11) is 0. The molecule has 0 N–H and O–H groups in total. The number of carbonyl (C=O) groups is 2. The lowest BCUT2D eigenvalue weighted by Gasteiger charge is -2.56. The first-order chi connectivity index (χ1) is 18.7. The maximum atomic E-state index is 14.2. The Morgan fingerprint density at radius 3 is 2.54 bits per heavy atom. The summed E-state index contributed by atoms with van der Waals surface area (Å²) < 4.78 is 19.2. The van der Waals surface area contributed by atoms with Crippen LogP contribution in [0.5, 0.6) is 0 Å². The zero-order chi connectivity index (χ0) is 27.2. The summed E-state index contributed by atoms with van der Waals surface area (Å²) in [5.74, 6) is 1.85. The molecule has 4 aliphatic carbocycles. The van der Waals surface area contributed by atoms with E-state index in [2.05, 4.69) is 33.8 Å². The van der Waals surface area contributed by atoms with Gasteiger partial charge in [0, 0.05) is 23.7 Å². The van der Waals surface area contributed by atoms with Crippen molar-refractivity contribution in [1.29, 1.82) is 0 Å². The highest BCUT2D eigenvalue weighted by Crippen LogP contribution is 2.69. The van der Waals surface area contributed by atoms with Gasteiger partial charge in [-0.25, -0.2) is 4.79 Å². The maximum absolute atomic E-state index is 14.2. The van der Waals surface area contributed by atoms with Crippen LogP contribution in [0.1, 0.15) is 89.4 Å². The Bertz CT molecular complexity index is 1180. The van der Waals surface area contributed by atoms with E-state index in [1.165, 1.54) is 5.57 Å². The van der Waals surface area contributed by atoms with Gasteiger partial charge in [0.25, 0.3) is 0 Å². The number of allylic oxidation sites excluding steroid dienone is 2. The second-order valence-corrected chi connectivity index (χ2v) is 14.3. The molecule has 1 spiro atoms. The molecule has 2 aliphatic heterocycles. The molecular formula is C34H44O5. The highest BCUT2D eigenvalue weighted by atomic mass is 16.7. The van der Waals surface area contributed by atoms with Gasteiger partial charge in [-0.05, 0) is 92.2 Å². The molecule has 39 heavy (non-hydrogen) atoms. The topological polar surface area (TPSA) is 61.8 Å². The molecule has 0 amide bonds. The highest BCUT2D eigenvalue weighted by molar-refractivity contribution is 5.97. The molecule has 11 atom stereocenters. The van der Waals surface area contributed by atoms with Crippen LogP contribution < -0.4 is 0 Å². The average Bonchev–Trinajstić information content (AvgIpc) is 3.38. The summed E-state index contributed by atoms with van der Waals surface area (Å²) in [6, 6.07) is 9.31. The number of ether oxygens (including phenoxy) is 3. The quantitative estimate of drug-likeness (QED) is 0.394. The highest BCUT2D eigenvalue weighted by Gasteiger charge is 2.70. The molecule has 6 aliphatic rings. The van der Waals surface area contributed by atoms with Gasteiger partial charge < -0.3 is 14.2 Å². The first-order valence-corrected chi connectivity index (χ1v) is 15.5. The number of fused-ring (bicyclic) bond motifs is 7. The lowest BCUT2D eigenvalue weighted by molar-refractivity contribution is -0.271. The Balaban J connectivity index is 1.11. The molecular weight excluding hydrogens is 488 g/mol. The summed E-state index contributed by atoms with van der Waals surface area (Å²) in [5, 5.41) is 0. The summed E-state index contributed by atoms with van der Waals surface area (Å²) in [6.45, 7) is 9.95. The second kappa shape index (κ2) is 9.01. The Hall–Kier alpha value is -1.98. The van der Waals surface area contributed by atoms with E-state index in [1.54, 1.807) is 0 Å². The fourth-order valence-corrected chi connectivity index (χ4v) is 10.2. The lowest BCUT2D eigenvalue weighted by Crippen LogP contribution is -2.53. The van der Waals surface area contributed by atoms with Gasteiger partial charge in [0.2, 0.25) is 0 Å². The van der Waals surface area contributed by atoms with Crippen molar-refractivity contribution in [3.05, 3.63) is 47.5 Å². The van der Waals surface area contributed by atoms with Gasteiger partial charge in [-0.1, -0.05) is 51.5 Å². The van der Waals surface area contributed by atoms with Crippen LogP contribution in [0.2, 0.25) is 0 Å². The number of esters is 1. The molecule has 3 saturated carbocycles. The minimum Gasteiger partial charge on any atom is -0.459 e. The van der Waals surface area contributed by atoms with Crippen LogP contribution in [-0.2, 0) is 19.0 Å². The number of ketones is 1. The number of rotatable bonds is 2. The number of hydrogen-bond donors (Lipinski definition) is 0. The Morgan fingerprint density at radius 2 is 1.79 bits per heavy atom. The van der Waals surface area contributed by atoms with Crippen molar-refractivity contribution >= 4 is 11.8 Å². The molecule has 5 fully saturated rings. The molecule has 0 radical (unpaired) electrons. The first-order valence-electron chi connectivity index (χ1n) is 15.5. The van der Waals surface area contributed by atoms with Crippen LogP contribution in [0.4, 0.5) is 0 Å². The number of carbonyl (C=O) groups excluding carboxylic acids is 2. The normalized spacial score (nSPS) is 48.5. The predicted octanol–water partition coefficient (Wildman–Crippen LogP) is 6.76. The molecule has 1 aromatic carbocycles. The summed E-state index contributed by atoms with van der Waals surface area (Å²) >= 11 is 0. The van der Waals surface area contributed by atoms with Gasteiger partial charge in [0.05, 0.1) is 18.3 Å². The standard InChI is InChI=1S/C34H44O5/c1-20-12-15-34(37-19-20)21(2)30-28(39-34)17-27-25-11-10-23-16-24(38-31(36)22-8-6-5-7-9-22)13-14-32(23,3)26(25)18-29(35)33(27,30)4/h5-9,18,20-21,23-25,27-28,30H,10-17,19H2,1-4H3/t20?,21-,23-,24-,25+,27-,28-,30?,32-,33+,34+/m0/s1. The third-order valence-electron chi connectivity index (χ3n) is 12.4. The van der Waals surface area contributed by atoms with Crippen LogP contribution >= 0.6 is 0 Å². The van der Waals surface area contributed by atoms with Crippen molar-refractivity contribution in [2.75, 3.05) is 6.61 Å². The van der Waals surface area contributed by atoms with Gasteiger partial charge in [-0.15, -0.1) is 0 Å². The molecule has 5 nitrogen and oxygen atoms in total. The van der Waals surface area contributed by atoms with Crippen molar-refractivity contribution in [2.24, 2.45) is 46.3 Å². The molecule has 5 heteroatoms. The molecule has 1 aromatic rings. The van der Waals surface area contributed by atoms with Gasteiger partial charge in [0.15, 0.2) is 11.6 Å². The second-order valence-electron chi connectivity index (χ2n) is 14.3. The summed E-state index contributed by atoms with van der Waals surface area (Å²) in [5.41, 5.74) is 1.64. The zero-order valence-electron chi connectivity index (χ0n) is 24.0. The summed E-state index contributed by atoms with van der Waals surface area (Å²) in [4.78, 5) is 26.9. The number of hydrogen-bond acceptors (Lipinski definition) is 5. The van der Waals surface area contributed by atoms with Crippen LogP contribution in [0.25, 0.3) is 0 Å². The SMILES string of the molecule is CC1CC[C@@]2(OC1)O[C@H]1C[C@H]3[C@@H]4CC[C@H]5C[C@@H](OC(=O)c6ccccc6)CC[C@]5(C)C4=CC(=O)[C@]3(C)C1[C@@H]2C. The minimum atomic E-state index is -0.501. The van der Waals surface area contributed by atoms with E-state index in [4.69, 9.17) is 14.2 Å². The van der Waals surface area contributed by atoms with Crippen LogP contribution in [-0.4, -0.2) is 36.4 Å². The third kappa shape index (κ3) is 3.71. The van der Waals surface area contributed by atoms with Gasteiger partial charge in [-0.2, -0.15) is 0 Å². The van der Waals surface area contributed by atoms with Crippen LogP contribution in [0, 0.1) is 46.3 Å². The smallest absolute Gasteiger partial charge is 0.338 e. The van der Waals surface area contributed by atoms with Crippen molar-refractivity contribution in [2.45, 2.75) is 97.1 Å². The average molecular weight is 533 g/mol. The van der Waals surface area contributed by atoms with Crippen LogP contribution in [0.3, 0.4) is 0 Å². The number of benzene rings is 1. The first kappa shape index (κ1) is 26.0. The van der Waals surface area contributed by atoms with E-state index in [9.17, 15) is 9.59 Å². The zero-order valence-corrected chi connectivity index (χ0v) is 24.0. The van der Waals surface area contributed by atoms with E-state index in [0.717, 1.165) is 58.0 Å². The largest absolute Gasteiger partial charge is 0.459 e. The lowest BCUT2D eigenvalue weighted by atomic mass is 9.48. The van der Waals surface area contributed by atoms with Crippen LogP contribution in [0.15, 0.2) is 42.0 Å². The fourth-order valence-electron chi connectivity index (χ4n) is 10.2. The van der Waals surface area contributed by atoms with E-state index in [-0.39, 0.29) is 40.8 Å². The molecule has 2 unspecified atom stereocenters. The monoisotopic (exact) mass is 532 g/mol. The molecule has 2 saturated heterocycles. The van der Waals surface area contributed by atoms with E-state index >= 15 is 0 Å². The van der Waals surface area contributed by atoms with Gasteiger partial charge in [-0.3, -0.25) is 4.79 Å². The van der Waals surface area contributed by atoms with Crippen molar-refractivity contribution in [3.63, 3.8) is 0 Å². The third-order valence-corrected chi connectivity index (χ3v) is 12.4. The van der Waals surface area contributed by atoms with Crippen molar-refractivity contribution in [1.82, 2.24) is 0 Å². The van der Waals surface area contributed by atoms with Gasteiger partial charge in [0.1, 0.15) is 6.10 Å². The van der Waals surface area contributed by atoms with E-state index in [0.29, 0.717) is 35.0 Å². The van der Waals surface area contributed by atoms with Gasteiger partial charge >= 0.3 is 5.97 Å². The van der Waals surface area contributed by atoms with E-state index in [1.807, 2.05) is 30.3 Å². The summed E-state index contributed by atoms with van der Waals surface area (Å²) in [6.07, 6.45) is 10.2. The molecule has 7 rings (SSSR count). The molecule has 0 bridgehead atoms. The Morgan fingerprint density at radius 1 is 1.00 bits per heavy atom. The fraction of sp³-hybridized carbons (Fsp3) is 0.706. The Labute approximate surface area is 233 Å². The van der Waals surface area contributed by atoms with E-state index < -0.39 is 5.79 Å². The molecule has 210 valence electrons. The minimum absolute atomic E-state index is 0.00355. The predicted molar refractivity (Wildman–Crippen MR) is 148 cm³/mol. The molecule has 0 aromatic heterocycles. The van der Waals surface area contributed by atoms with Crippen molar-refractivity contribution in [3.8, 4) is 0 Å². The maximum Gasteiger partial charge on any atom is 0.338 e. The Kier molecular flexibility index (Phi) is 6.00. The molecule has 2 heterocycles. The van der Waals surface area contributed by atoms with Crippen molar-refractivity contribution < 1.29 is 23.8 Å².